The second-order valence-electron chi connectivity index (χ2n) is 7.70. The van der Waals surface area contributed by atoms with Gasteiger partial charge in [-0.2, -0.15) is 5.10 Å². The molecule has 5 rings (SSSR count). The standard InChI is InChI=1S/C27H23N3O2/c31-27(28-16-5-6-19-11-13-20(14-12-19)26-15-17-29-30-26)32-18-25-23-9-3-1-7-21(23)22-8-2-4-10-24(22)25/h1-15,17,25H,16,18H2,(H,28,31)(H,29,30). The van der Waals surface area contributed by atoms with Crippen LogP contribution in [0.15, 0.2) is 91.1 Å². The van der Waals surface area contributed by atoms with Crippen LogP contribution in [0, 0.1) is 0 Å². The molecule has 0 fully saturated rings. The lowest BCUT2D eigenvalue weighted by molar-refractivity contribution is 0.144. The summed E-state index contributed by atoms with van der Waals surface area (Å²) in [6.45, 7) is 0.720. The zero-order chi connectivity index (χ0) is 21.8. The number of carbonyl (C=O) groups is 1. The molecular weight excluding hydrogens is 398 g/mol. The van der Waals surface area contributed by atoms with E-state index in [0.29, 0.717) is 13.2 Å². The predicted octanol–water partition coefficient (Wildman–Crippen LogP) is 5.63. The molecule has 1 aromatic heterocycles. The van der Waals surface area contributed by atoms with Crippen molar-refractivity contribution in [1.82, 2.24) is 15.5 Å². The number of H-pyrrole nitrogens is 1. The molecule has 0 aliphatic heterocycles. The number of aromatic nitrogens is 2. The number of nitrogens with one attached hydrogen (secondary N) is 2. The second kappa shape index (κ2) is 8.94. The Kier molecular flexibility index (Phi) is 5.54. The summed E-state index contributed by atoms with van der Waals surface area (Å²) in [5, 5.41) is 9.72. The van der Waals surface area contributed by atoms with E-state index in [1.54, 1.807) is 6.20 Å². The first-order valence-electron chi connectivity index (χ1n) is 10.6. The number of rotatable bonds is 6. The zero-order valence-electron chi connectivity index (χ0n) is 17.5. The summed E-state index contributed by atoms with van der Waals surface area (Å²) in [4.78, 5) is 12.2. The molecule has 5 nitrogen and oxygen atoms in total. The first-order chi connectivity index (χ1) is 15.8. The number of aromatic amines is 1. The lowest BCUT2D eigenvalue weighted by Crippen LogP contribution is -2.26. The molecule has 1 amide bonds. The Balaban J connectivity index is 1.14. The smallest absolute Gasteiger partial charge is 0.407 e. The Morgan fingerprint density at radius 2 is 1.62 bits per heavy atom. The van der Waals surface area contributed by atoms with Gasteiger partial charge in [0, 0.05) is 18.7 Å². The number of hydrogen-bond acceptors (Lipinski definition) is 3. The van der Waals surface area contributed by atoms with Gasteiger partial charge in [0.15, 0.2) is 0 Å². The Bertz CT molecular complexity index is 1200. The highest BCUT2D eigenvalue weighted by atomic mass is 16.5. The third-order valence-electron chi connectivity index (χ3n) is 5.74. The molecule has 0 saturated carbocycles. The fraction of sp³-hybridized carbons (Fsp3) is 0.111. The SMILES string of the molecule is O=C(NCC=Cc1ccc(-c2ccn[nH]2)cc1)OCC1c2ccccc2-c2ccccc21. The van der Waals surface area contributed by atoms with Crippen LogP contribution in [-0.2, 0) is 4.74 Å². The number of nitrogens with zero attached hydrogens (tertiary/aromatic N) is 1. The number of carbonyl (C=O) groups excluding carboxylic acids is 1. The molecule has 1 aliphatic rings. The molecule has 0 bridgehead atoms. The average Bonchev–Trinajstić information content (AvgIpc) is 3.48. The quantitative estimate of drug-likeness (QED) is 0.424. The highest BCUT2D eigenvalue weighted by Crippen LogP contribution is 2.44. The molecule has 5 heteroatoms. The lowest BCUT2D eigenvalue weighted by atomic mass is 9.98. The van der Waals surface area contributed by atoms with E-state index in [1.807, 2.05) is 66.7 Å². The summed E-state index contributed by atoms with van der Waals surface area (Å²) in [5.41, 5.74) is 7.98. The van der Waals surface area contributed by atoms with Crippen LogP contribution < -0.4 is 5.32 Å². The molecule has 3 aromatic carbocycles. The van der Waals surface area contributed by atoms with E-state index in [-0.39, 0.29) is 5.92 Å². The first-order valence-corrected chi connectivity index (χ1v) is 10.6. The van der Waals surface area contributed by atoms with Crippen molar-refractivity contribution in [1.29, 1.82) is 0 Å². The van der Waals surface area contributed by atoms with Crippen molar-refractivity contribution >= 4 is 12.2 Å². The van der Waals surface area contributed by atoms with Crippen LogP contribution in [0.4, 0.5) is 4.79 Å². The van der Waals surface area contributed by atoms with Crippen molar-refractivity contribution in [3.05, 3.63) is 108 Å². The van der Waals surface area contributed by atoms with Crippen molar-refractivity contribution in [3.8, 4) is 22.4 Å². The number of hydrogen-bond donors (Lipinski definition) is 2. The fourth-order valence-corrected chi connectivity index (χ4v) is 4.18. The van der Waals surface area contributed by atoms with Gasteiger partial charge in [0.2, 0.25) is 0 Å². The molecule has 32 heavy (non-hydrogen) atoms. The molecule has 1 heterocycles. The summed E-state index contributed by atoms with van der Waals surface area (Å²) in [6, 6.07) is 26.7. The van der Waals surface area contributed by atoms with Crippen molar-refractivity contribution in [3.63, 3.8) is 0 Å². The van der Waals surface area contributed by atoms with E-state index in [1.165, 1.54) is 22.3 Å². The number of alkyl carbamates (subject to hydrolysis) is 1. The molecule has 158 valence electrons. The molecular formula is C27H23N3O2. The Labute approximate surface area is 186 Å². The summed E-state index contributed by atoms with van der Waals surface area (Å²) in [5.74, 6) is 0.0667. The molecule has 0 radical (unpaired) electrons. The molecule has 1 aliphatic carbocycles. The topological polar surface area (TPSA) is 67.0 Å². The van der Waals surface area contributed by atoms with E-state index in [2.05, 4.69) is 39.8 Å². The van der Waals surface area contributed by atoms with Crippen LogP contribution in [0.3, 0.4) is 0 Å². The second-order valence-corrected chi connectivity index (χ2v) is 7.70. The van der Waals surface area contributed by atoms with E-state index in [4.69, 9.17) is 4.74 Å². The van der Waals surface area contributed by atoms with Crippen molar-refractivity contribution < 1.29 is 9.53 Å². The maximum atomic E-state index is 12.2. The molecule has 0 spiro atoms. The molecule has 0 atom stereocenters. The van der Waals surface area contributed by atoms with Gasteiger partial charge in [-0.05, 0) is 39.4 Å². The van der Waals surface area contributed by atoms with Crippen molar-refractivity contribution in [2.24, 2.45) is 0 Å². The number of fused-ring (bicyclic) bond motifs is 3. The molecule has 4 aromatic rings. The van der Waals surface area contributed by atoms with Crippen LogP contribution in [-0.4, -0.2) is 29.4 Å². The third kappa shape index (κ3) is 4.05. The minimum Gasteiger partial charge on any atom is -0.449 e. The monoisotopic (exact) mass is 421 g/mol. The summed E-state index contributed by atoms with van der Waals surface area (Å²) >= 11 is 0. The normalized spacial score (nSPS) is 12.5. The van der Waals surface area contributed by atoms with E-state index >= 15 is 0 Å². The van der Waals surface area contributed by atoms with Crippen LogP contribution >= 0.6 is 0 Å². The van der Waals surface area contributed by atoms with Gasteiger partial charge in [-0.15, -0.1) is 0 Å². The Morgan fingerprint density at radius 3 is 2.28 bits per heavy atom. The van der Waals surface area contributed by atoms with Gasteiger partial charge in [-0.25, -0.2) is 4.79 Å². The van der Waals surface area contributed by atoms with Gasteiger partial charge in [-0.1, -0.05) is 84.9 Å². The van der Waals surface area contributed by atoms with Gasteiger partial charge in [0.05, 0.1) is 5.69 Å². The van der Waals surface area contributed by atoms with E-state index < -0.39 is 6.09 Å². The maximum Gasteiger partial charge on any atom is 0.407 e. The molecule has 0 saturated heterocycles. The van der Waals surface area contributed by atoms with E-state index in [9.17, 15) is 4.79 Å². The summed E-state index contributed by atoms with van der Waals surface area (Å²) in [6.07, 6.45) is 5.21. The number of ether oxygens (including phenoxy) is 1. The summed E-state index contributed by atoms with van der Waals surface area (Å²) < 4.78 is 5.56. The minimum atomic E-state index is -0.411. The van der Waals surface area contributed by atoms with Crippen LogP contribution in [0.1, 0.15) is 22.6 Å². The van der Waals surface area contributed by atoms with Gasteiger partial charge in [-0.3, -0.25) is 5.10 Å². The van der Waals surface area contributed by atoms with Gasteiger partial charge in [0.1, 0.15) is 6.61 Å². The fourth-order valence-electron chi connectivity index (χ4n) is 4.18. The number of benzene rings is 3. The highest BCUT2D eigenvalue weighted by Gasteiger charge is 2.28. The third-order valence-corrected chi connectivity index (χ3v) is 5.74. The van der Waals surface area contributed by atoms with Crippen molar-refractivity contribution in [2.45, 2.75) is 5.92 Å². The van der Waals surface area contributed by atoms with Gasteiger partial charge >= 0.3 is 6.09 Å². The van der Waals surface area contributed by atoms with Crippen LogP contribution in [0.5, 0.6) is 0 Å². The lowest BCUT2D eigenvalue weighted by Gasteiger charge is -2.14. The molecule has 2 N–H and O–H groups in total. The highest BCUT2D eigenvalue weighted by molar-refractivity contribution is 5.79. The van der Waals surface area contributed by atoms with Gasteiger partial charge in [0.25, 0.3) is 0 Å². The Morgan fingerprint density at radius 1 is 0.938 bits per heavy atom. The largest absolute Gasteiger partial charge is 0.449 e. The Hall–Kier alpha value is -4.12. The van der Waals surface area contributed by atoms with Crippen LogP contribution in [0.2, 0.25) is 0 Å². The van der Waals surface area contributed by atoms with E-state index in [0.717, 1.165) is 16.8 Å². The number of amides is 1. The molecule has 0 unspecified atom stereocenters. The van der Waals surface area contributed by atoms with Crippen molar-refractivity contribution in [2.75, 3.05) is 13.2 Å². The van der Waals surface area contributed by atoms with Gasteiger partial charge < -0.3 is 10.1 Å². The maximum absolute atomic E-state index is 12.2. The zero-order valence-corrected chi connectivity index (χ0v) is 17.5. The van der Waals surface area contributed by atoms with Crippen LogP contribution in [0.25, 0.3) is 28.5 Å². The summed E-state index contributed by atoms with van der Waals surface area (Å²) in [7, 11) is 0. The average molecular weight is 422 g/mol. The minimum absolute atomic E-state index is 0.0667. The first kappa shape index (κ1) is 19.8. The predicted molar refractivity (Wildman–Crippen MR) is 126 cm³/mol.